The average Bonchev–Trinajstić information content (AvgIpc) is 3.04. The summed E-state index contributed by atoms with van der Waals surface area (Å²) >= 11 is 0. The second kappa shape index (κ2) is 5.36. The second-order valence-electron chi connectivity index (χ2n) is 5.29. The predicted octanol–water partition coefficient (Wildman–Crippen LogP) is 2.80. The number of sulfonamides is 1. The van der Waals surface area contributed by atoms with Crippen molar-refractivity contribution in [1.29, 1.82) is 0 Å². The van der Waals surface area contributed by atoms with Crippen LogP contribution >= 0.6 is 0 Å². The smallest absolute Gasteiger partial charge is 0.229 e. The number of nitrogens with one attached hydrogen (secondary N) is 2. The third kappa shape index (κ3) is 4.70. The van der Waals surface area contributed by atoms with Crippen molar-refractivity contribution in [2.75, 3.05) is 16.3 Å². The highest BCUT2D eigenvalue weighted by molar-refractivity contribution is 7.92. The highest BCUT2D eigenvalue weighted by Crippen LogP contribution is 2.34. The number of anilines is 2. The molecule has 0 bridgehead atoms. The molecule has 1 aliphatic rings. The molecule has 4 nitrogen and oxygen atoms in total. The van der Waals surface area contributed by atoms with Gasteiger partial charge in [-0.15, -0.1) is 0 Å². The molecule has 0 heterocycles. The molecule has 1 saturated carbocycles. The molecule has 1 fully saturated rings. The Morgan fingerprint density at radius 1 is 1.42 bits per heavy atom. The van der Waals surface area contributed by atoms with Crippen molar-refractivity contribution in [2.24, 2.45) is 5.92 Å². The monoisotopic (exact) mass is 286 g/mol. The van der Waals surface area contributed by atoms with E-state index >= 15 is 0 Å². The molecule has 0 amide bonds. The quantitative estimate of drug-likeness (QED) is 0.845. The molecule has 1 aromatic rings. The van der Waals surface area contributed by atoms with Crippen LogP contribution in [0.2, 0.25) is 0 Å². The van der Waals surface area contributed by atoms with E-state index in [2.05, 4.69) is 17.0 Å². The van der Waals surface area contributed by atoms with Crippen LogP contribution in [0.25, 0.3) is 0 Å². The molecule has 106 valence electrons. The summed E-state index contributed by atoms with van der Waals surface area (Å²) in [5.41, 5.74) is 0.701. The topological polar surface area (TPSA) is 58.2 Å². The zero-order valence-electron chi connectivity index (χ0n) is 11.1. The van der Waals surface area contributed by atoms with Gasteiger partial charge in [0.15, 0.2) is 0 Å². The first-order valence-corrected chi connectivity index (χ1v) is 8.26. The fraction of sp³-hybridized carbons (Fsp3) is 0.538. The summed E-state index contributed by atoms with van der Waals surface area (Å²) in [4.78, 5) is 0. The van der Waals surface area contributed by atoms with Gasteiger partial charge in [0.25, 0.3) is 0 Å². The SMILES string of the molecule is CC(CC1CC1)Nc1ccc(F)c(NS(C)(=O)=O)c1. The van der Waals surface area contributed by atoms with Gasteiger partial charge in [0.05, 0.1) is 11.9 Å². The average molecular weight is 286 g/mol. The molecule has 19 heavy (non-hydrogen) atoms. The van der Waals surface area contributed by atoms with E-state index in [0.717, 1.165) is 24.3 Å². The van der Waals surface area contributed by atoms with Gasteiger partial charge in [0, 0.05) is 11.7 Å². The third-order valence-corrected chi connectivity index (χ3v) is 3.65. The van der Waals surface area contributed by atoms with Crippen LogP contribution in [0.1, 0.15) is 26.2 Å². The third-order valence-electron chi connectivity index (χ3n) is 3.06. The van der Waals surface area contributed by atoms with Crippen LogP contribution in [0.4, 0.5) is 15.8 Å². The van der Waals surface area contributed by atoms with Gasteiger partial charge in [0.2, 0.25) is 10.0 Å². The Labute approximate surface area is 113 Å². The van der Waals surface area contributed by atoms with E-state index < -0.39 is 15.8 Å². The molecule has 1 aliphatic carbocycles. The largest absolute Gasteiger partial charge is 0.383 e. The summed E-state index contributed by atoms with van der Waals surface area (Å²) in [6, 6.07) is 4.66. The number of halogens is 1. The molecule has 6 heteroatoms. The molecular weight excluding hydrogens is 267 g/mol. The van der Waals surface area contributed by atoms with Crippen LogP contribution in [-0.2, 0) is 10.0 Å². The van der Waals surface area contributed by atoms with E-state index in [9.17, 15) is 12.8 Å². The van der Waals surface area contributed by atoms with E-state index in [1.165, 1.54) is 25.0 Å². The molecule has 1 aromatic carbocycles. The summed E-state index contributed by atoms with van der Waals surface area (Å²) in [6.07, 6.45) is 4.67. The lowest BCUT2D eigenvalue weighted by atomic mass is 10.1. The lowest BCUT2D eigenvalue weighted by Gasteiger charge is -2.16. The Morgan fingerprint density at radius 3 is 2.68 bits per heavy atom. The van der Waals surface area contributed by atoms with Crippen LogP contribution in [0, 0.1) is 11.7 Å². The summed E-state index contributed by atoms with van der Waals surface area (Å²) < 4.78 is 38.0. The van der Waals surface area contributed by atoms with Crippen LogP contribution in [-0.4, -0.2) is 20.7 Å². The number of hydrogen-bond donors (Lipinski definition) is 2. The summed E-state index contributed by atoms with van der Waals surface area (Å²) in [6.45, 7) is 2.07. The van der Waals surface area contributed by atoms with Gasteiger partial charge in [0.1, 0.15) is 5.82 Å². The van der Waals surface area contributed by atoms with Crippen molar-refractivity contribution in [2.45, 2.75) is 32.2 Å². The minimum Gasteiger partial charge on any atom is -0.383 e. The maximum atomic E-state index is 13.5. The number of hydrogen-bond acceptors (Lipinski definition) is 3. The first-order valence-electron chi connectivity index (χ1n) is 6.37. The first kappa shape index (κ1) is 14.1. The molecular formula is C13H19FN2O2S. The Hall–Kier alpha value is -1.30. The fourth-order valence-electron chi connectivity index (χ4n) is 2.09. The van der Waals surface area contributed by atoms with E-state index in [1.807, 2.05) is 0 Å². The van der Waals surface area contributed by atoms with Crippen molar-refractivity contribution >= 4 is 21.4 Å². The van der Waals surface area contributed by atoms with Crippen molar-refractivity contribution < 1.29 is 12.8 Å². The fourth-order valence-corrected chi connectivity index (χ4v) is 2.65. The van der Waals surface area contributed by atoms with E-state index in [4.69, 9.17) is 0 Å². The maximum Gasteiger partial charge on any atom is 0.229 e. The molecule has 0 aromatic heterocycles. The lowest BCUT2D eigenvalue weighted by Crippen LogP contribution is -2.16. The van der Waals surface area contributed by atoms with Crippen molar-refractivity contribution in [3.63, 3.8) is 0 Å². The molecule has 0 saturated heterocycles. The van der Waals surface area contributed by atoms with Gasteiger partial charge in [-0.05, 0) is 37.5 Å². The second-order valence-corrected chi connectivity index (χ2v) is 7.04. The Kier molecular flexibility index (Phi) is 3.99. The van der Waals surface area contributed by atoms with Crippen molar-refractivity contribution in [3.05, 3.63) is 24.0 Å². The van der Waals surface area contributed by atoms with Gasteiger partial charge in [-0.3, -0.25) is 4.72 Å². The van der Waals surface area contributed by atoms with E-state index in [-0.39, 0.29) is 5.69 Å². The number of benzene rings is 1. The molecule has 1 atom stereocenters. The van der Waals surface area contributed by atoms with Gasteiger partial charge < -0.3 is 5.32 Å². The van der Waals surface area contributed by atoms with Crippen LogP contribution in [0.15, 0.2) is 18.2 Å². The zero-order chi connectivity index (χ0) is 14.0. The van der Waals surface area contributed by atoms with Crippen LogP contribution in [0.3, 0.4) is 0 Å². The minimum absolute atomic E-state index is 0.0221. The summed E-state index contributed by atoms with van der Waals surface area (Å²) in [5.74, 6) is 0.224. The van der Waals surface area contributed by atoms with Gasteiger partial charge in [-0.1, -0.05) is 12.8 Å². The summed E-state index contributed by atoms with van der Waals surface area (Å²) in [7, 11) is -3.47. The Balaban J connectivity index is 2.06. The zero-order valence-corrected chi connectivity index (χ0v) is 11.9. The van der Waals surface area contributed by atoms with Crippen LogP contribution < -0.4 is 10.0 Å². The van der Waals surface area contributed by atoms with Gasteiger partial charge in [-0.25, -0.2) is 12.8 Å². The standard InChI is InChI=1S/C13H19FN2O2S/c1-9(7-10-3-4-10)15-11-5-6-12(14)13(8-11)16-19(2,17)18/h5-6,8-10,15-16H,3-4,7H2,1-2H3. The molecule has 0 aliphatic heterocycles. The van der Waals surface area contributed by atoms with Gasteiger partial charge >= 0.3 is 0 Å². The Morgan fingerprint density at radius 2 is 2.11 bits per heavy atom. The van der Waals surface area contributed by atoms with Crippen molar-refractivity contribution in [3.8, 4) is 0 Å². The molecule has 1 unspecified atom stereocenters. The maximum absolute atomic E-state index is 13.5. The van der Waals surface area contributed by atoms with E-state index in [1.54, 1.807) is 6.07 Å². The minimum atomic E-state index is -3.47. The highest BCUT2D eigenvalue weighted by Gasteiger charge is 2.23. The Bertz CT molecular complexity index is 556. The molecule has 2 rings (SSSR count). The first-order chi connectivity index (χ1) is 8.83. The molecule has 2 N–H and O–H groups in total. The summed E-state index contributed by atoms with van der Waals surface area (Å²) in [5, 5.41) is 3.27. The predicted molar refractivity (Wildman–Crippen MR) is 75.3 cm³/mol. The highest BCUT2D eigenvalue weighted by atomic mass is 32.2. The lowest BCUT2D eigenvalue weighted by molar-refractivity contribution is 0.603. The van der Waals surface area contributed by atoms with Gasteiger partial charge in [-0.2, -0.15) is 0 Å². The molecule has 0 spiro atoms. The molecule has 0 radical (unpaired) electrons. The van der Waals surface area contributed by atoms with Crippen LogP contribution in [0.5, 0.6) is 0 Å². The van der Waals surface area contributed by atoms with E-state index in [0.29, 0.717) is 6.04 Å². The number of rotatable bonds is 6. The normalized spacial score (nSPS) is 17.0. The van der Waals surface area contributed by atoms with Crippen molar-refractivity contribution in [1.82, 2.24) is 0 Å².